The zero-order valence-electron chi connectivity index (χ0n) is 10.9. The zero-order chi connectivity index (χ0) is 13.8. The third-order valence-electron chi connectivity index (χ3n) is 2.71. The van der Waals surface area contributed by atoms with E-state index < -0.39 is 0 Å². The molecule has 0 aliphatic heterocycles. The van der Waals surface area contributed by atoms with Gasteiger partial charge < -0.3 is 10.7 Å². The van der Waals surface area contributed by atoms with E-state index in [0.29, 0.717) is 16.9 Å². The molecule has 2 aromatic rings. The van der Waals surface area contributed by atoms with Gasteiger partial charge in [-0.15, -0.1) is 0 Å². The highest BCUT2D eigenvalue weighted by molar-refractivity contribution is 6.08. The Morgan fingerprint density at radius 3 is 2.63 bits per heavy atom. The van der Waals surface area contributed by atoms with Crippen LogP contribution >= 0.6 is 0 Å². The van der Waals surface area contributed by atoms with E-state index >= 15 is 0 Å². The zero-order valence-corrected chi connectivity index (χ0v) is 10.9. The van der Waals surface area contributed by atoms with E-state index in [1.165, 1.54) is 0 Å². The highest BCUT2D eigenvalue weighted by Crippen LogP contribution is 2.18. The number of nitrogens with one attached hydrogen (secondary N) is 2. The number of pyridine rings is 1. The molecule has 19 heavy (non-hydrogen) atoms. The smallest absolute Gasteiger partial charge is 0.257 e. The number of carbonyl (C=O) groups is 1. The number of nitrogens with zero attached hydrogens (tertiary/aromatic N) is 1. The molecule has 0 spiro atoms. The van der Waals surface area contributed by atoms with E-state index in [1.54, 1.807) is 24.5 Å². The number of hydrazine groups is 1. The summed E-state index contributed by atoms with van der Waals surface area (Å²) in [5.74, 6) is 5.20. The number of benzene rings is 1. The highest BCUT2D eigenvalue weighted by atomic mass is 16.1. The van der Waals surface area contributed by atoms with Gasteiger partial charge in [0.2, 0.25) is 0 Å². The van der Waals surface area contributed by atoms with E-state index in [0.717, 1.165) is 11.1 Å². The lowest BCUT2D eigenvalue weighted by atomic mass is 10.1. The van der Waals surface area contributed by atoms with Crippen LogP contribution in [0.15, 0.2) is 36.7 Å². The van der Waals surface area contributed by atoms with Crippen LogP contribution in [-0.4, -0.2) is 10.9 Å². The fraction of sp³-hybridized carbons (Fsp3) is 0.143. The Morgan fingerprint density at radius 1 is 1.16 bits per heavy atom. The molecule has 1 amide bonds. The van der Waals surface area contributed by atoms with Crippen LogP contribution in [0.3, 0.4) is 0 Å². The first-order valence-electron chi connectivity index (χ1n) is 5.90. The molecule has 1 aromatic carbocycles. The molecule has 0 saturated carbocycles. The summed E-state index contributed by atoms with van der Waals surface area (Å²) >= 11 is 0. The van der Waals surface area contributed by atoms with Crippen LogP contribution < -0.4 is 16.6 Å². The lowest BCUT2D eigenvalue weighted by Crippen LogP contribution is -2.17. The number of nitrogen functional groups attached to an aromatic ring is 1. The Kier molecular flexibility index (Phi) is 3.77. The summed E-state index contributed by atoms with van der Waals surface area (Å²) in [5.41, 5.74) is 6.25. The van der Waals surface area contributed by atoms with Gasteiger partial charge in [0.1, 0.15) is 0 Å². The fourth-order valence-corrected chi connectivity index (χ4v) is 1.79. The maximum absolute atomic E-state index is 12.2. The molecule has 1 heterocycles. The first kappa shape index (κ1) is 13.0. The molecule has 98 valence electrons. The van der Waals surface area contributed by atoms with Crippen molar-refractivity contribution in [1.29, 1.82) is 0 Å². The largest absolute Gasteiger partial charge is 0.323 e. The SMILES string of the molecule is Cc1cncc(NC(=O)c2cc(C)ccc2NN)c1. The maximum Gasteiger partial charge on any atom is 0.257 e. The summed E-state index contributed by atoms with van der Waals surface area (Å²) in [4.78, 5) is 16.3. The summed E-state index contributed by atoms with van der Waals surface area (Å²) in [6.45, 7) is 3.84. The van der Waals surface area contributed by atoms with Crippen LogP contribution in [0, 0.1) is 13.8 Å². The van der Waals surface area contributed by atoms with Crippen molar-refractivity contribution in [2.75, 3.05) is 10.7 Å². The van der Waals surface area contributed by atoms with Crippen molar-refractivity contribution < 1.29 is 4.79 Å². The van der Waals surface area contributed by atoms with Gasteiger partial charge in [-0.05, 0) is 37.6 Å². The maximum atomic E-state index is 12.2. The fourth-order valence-electron chi connectivity index (χ4n) is 1.79. The van der Waals surface area contributed by atoms with Crippen LogP contribution in [0.2, 0.25) is 0 Å². The average Bonchev–Trinajstić information content (AvgIpc) is 2.38. The molecule has 2 rings (SSSR count). The van der Waals surface area contributed by atoms with Crippen molar-refractivity contribution in [2.45, 2.75) is 13.8 Å². The number of anilines is 2. The van der Waals surface area contributed by atoms with E-state index in [4.69, 9.17) is 5.84 Å². The van der Waals surface area contributed by atoms with Gasteiger partial charge in [0, 0.05) is 6.20 Å². The molecule has 0 bridgehead atoms. The monoisotopic (exact) mass is 256 g/mol. The Balaban J connectivity index is 2.27. The molecular weight excluding hydrogens is 240 g/mol. The van der Waals surface area contributed by atoms with E-state index in [2.05, 4.69) is 15.7 Å². The third kappa shape index (κ3) is 3.08. The number of carbonyl (C=O) groups excluding carboxylic acids is 1. The minimum atomic E-state index is -0.218. The van der Waals surface area contributed by atoms with Gasteiger partial charge in [-0.1, -0.05) is 11.6 Å². The van der Waals surface area contributed by atoms with Gasteiger partial charge in [0.25, 0.3) is 5.91 Å². The summed E-state index contributed by atoms with van der Waals surface area (Å²) in [7, 11) is 0. The van der Waals surface area contributed by atoms with Gasteiger partial charge in [0.05, 0.1) is 23.1 Å². The summed E-state index contributed by atoms with van der Waals surface area (Å²) in [5, 5.41) is 2.80. The number of aromatic nitrogens is 1. The van der Waals surface area contributed by atoms with Crippen molar-refractivity contribution in [1.82, 2.24) is 4.98 Å². The first-order chi connectivity index (χ1) is 9.10. The quantitative estimate of drug-likeness (QED) is 0.581. The number of nitrogens with two attached hydrogens (primary N) is 1. The topological polar surface area (TPSA) is 80.0 Å². The number of hydrogen-bond donors (Lipinski definition) is 3. The number of rotatable bonds is 3. The highest BCUT2D eigenvalue weighted by Gasteiger charge is 2.11. The molecule has 1 aromatic heterocycles. The molecule has 0 unspecified atom stereocenters. The summed E-state index contributed by atoms with van der Waals surface area (Å²) in [6, 6.07) is 7.31. The molecule has 0 fully saturated rings. The number of amides is 1. The minimum absolute atomic E-state index is 0.218. The second-order valence-electron chi connectivity index (χ2n) is 4.40. The van der Waals surface area contributed by atoms with Crippen molar-refractivity contribution in [2.24, 2.45) is 5.84 Å². The second kappa shape index (κ2) is 5.49. The molecule has 0 saturated heterocycles. The van der Waals surface area contributed by atoms with Gasteiger partial charge >= 0.3 is 0 Å². The van der Waals surface area contributed by atoms with E-state index in [1.807, 2.05) is 26.0 Å². The predicted molar refractivity (Wildman–Crippen MR) is 75.9 cm³/mol. The second-order valence-corrected chi connectivity index (χ2v) is 4.40. The average molecular weight is 256 g/mol. The Labute approximate surface area is 111 Å². The van der Waals surface area contributed by atoms with Crippen LogP contribution in [0.4, 0.5) is 11.4 Å². The molecule has 0 aliphatic rings. The van der Waals surface area contributed by atoms with Crippen LogP contribution in [0.25, 0.3) is 0 Å². The Hall–Kier alpha value is -2.40. The molecule has 5 heteroatoms. The summed E-state index contributed by atoms with van der Waals surface area (Å²) in [6.07, 6.45) is 3.34. The first-order valence-corrected chi connectivity index (χ1v) is 5.90. The molecule has 5 nitrogen and oxygen atoms in total. The lowest BCUT2D eigenvalue weighted by Gasteiger charge is -2.10. The molecule has 4 N–H and O–H groups in total. The van der Waals surface area contributed by atoms with Gasteiger partial charge in [0.15, 0.2) is 0 Å². The Bertz CT molecular complexity index is 610. The third-order valence-corrected chi connectivity index (χ3v) is 2.71. The lowest BCUT2D eigenvalue weighted by molar-refractivity contribution is 0.102. The normalized spacial score (nSPS) is 10.1. The molecular formula is C14H16N4O. The molecule has 0 aliphatic carbocycles. The van der Waals surface area contributed by atoms with Crippen LogP contribution in [0.5, 0.6) is 0 Å². The van der Waals surface area contributed by atoms with Crippen molar-refractivity contribution in [3.63, 3.8) is 0 Å². The van der Waals surface area contributed by atoms with Crippen molar-refractivity contribution in [3.05, 3.63) is 53.3 Å². The Morgan fingerprint density at radius 2 is 1.95 bits per heavy atom. The van der Waals surface area contributed by atoms with E-state index in [-0.39, 0.29) is 5.91 Å². The standard InChI is InChI=1S/C14H16N4O/c1-9-3-4-13(18-15)12(6-9)14(19)17-11-5-10(2)7-16-8-11/h3-8,18H,15H2,1-2H3,(H,17,19). The van der Waals surface area contributed by atoms with Crippen LogP contribution in [0.1, 0.15) is 21.5 Å². The van der Waals surface area contributed by atoms with Gasteiger partial charge in [-0.2, -0.15) is 0 Å². The minimum Gasteiger partial charge on any atom is -0.323 e. The molecule has 0 atom stereocenters. The number of aryl methyl sites for hydroxylation is 2. The van der Waals surface area contributed by atoms with Crippen molar-refractivity contribution >= 4 is 17.3 Å². The molecule has 0 radical (unpaired) electrons. The predicted octanol–water partition coefficient (Wildman–Crippen LogP) is 2.24. The van der Waals surface area contributed by atoms with E-state index in [9.17, 15) is 4.79 Å². The van der Waals surface area contributed by atoms with Crippen LogP contribution in [-0.2, 0) is 0 Å². The van der Waals surface area contributed by atoms with Gasteiger partial charge in [-0.25, -0.2) is 0 Å². The van der Waals surface area contributed by atoms with Crippen molar-refractivity contribution in [3.8, 4) is 0 Å². The number of hydrogen-bond acceptors (Lipinski definition) is 4. The van der Waals surface area contributed by atoms with Gasteiger partial charge in [-0.3, -0.25) is 15.6 Å². The summed E-state index contributed by atoms with van der Waals surface area (Å²) < 4.78 is 0.